The molecule has 0 fully saturated rings. The molecule has 3 rings (SSSR count). The molecule has 2 amide bonds. The lowest BCUT2D eigenvalue weighted by Crippen LogP contribution is -2.20. The Balaban J connectivity index is 1.67. The van der Waals surface area contributed by atoms with Crippen molar-refractivity contribution in [2.24, 2.45) is 0 Å². The molecule has 0 atom stereocenters. The maximum Gasteiger partial charge on any atom is 0.323 e. The molecule has 0 saturated carbocycles. The van der Waals surface area contributed by atoms with Gasteiger partial charge in [-0.1, -0.05) is 12.1 Å². The Morgan fingerprint density at radius 1 is 1.07 bits per heavy atom. The second-order valence-corrected chi connectivity index (χ2v) is 5.87. The smallest absolute Gasteiger partial charge is 0.323 e. The monoisotopic (exact) mass is 372 g/mol. The molecular formula is C19H18F2N4O2. The Kier molecular flexibility index (Phi) is 5.35. The van der Waals surface area contributed by atoms with Crippen LogP contribution in [0, 0.1) is 25.5 Å². The highest BCUT2D eigenvalue weighted by molar-refractivity contribution is 6.00. The van der Waals surface area contributed by atoms with Crippen molar-refractivity contribution in [1.29, 1.82) is 0 Å². The normalized spacial score (nSPS) is 10.5. The second kappa shape index (κ2) is 7.86. The molecule has 2 N–H and O–H groups in total. The fraction of sp³-hybridized carbons (Fsp3) is 0.158. The summed E-state index contributed by atoms with van der Waals surface area (Å²) in [4.78, 5) is 12.2. The molecule has 140 valence electrons. The lowest BCUT2D eigenvalue weighted by Gasteiger charge is -2.10. The van der Waals surface area contributed by atoms with Crippen molar-refractivity contribution in [3.63, 3.8) is 0 Å². The number of urea groups is 1. The van der Waals surface area contributed by atoms with Gasteiger partial charge in [-0.25, -0.2) is 18.3 Å². The van der Waals surface area contributed by atoms with Gasteiger partial charge in [0.05, 0.1) is 17.1 Å². The number of anilines is 2. The summed E-state index contributed by atoms with van der Waals surface area (Å²) in [7, 11) is 0. The first-order valence-corrected chi connectivity index (χ1v) is 8.18. The molecule has 2 aromatic carbocycles. The maximum absolute atomic E-state index is 13.2. The number of carbonyl (C=O) groups is 1. The highest BCUT2D eigenvalue weighted by Crippen LogP contribution is 2.21. The van der Waals surface area contributed by atoms with E-state index >= 15 is 0 Å². The third-order valence-corrected chi connectivity index (χ3v) is 3.85. The Hall–Kier alpha value is -3.42. The first-order valence-electron chi connectivity index (χ1n) is 8.18. The van der Waals surface area contributed by atoms with Gasteiger partial charge in [0.1, 0.15) is 17.4 Å². The zero-order valence-corrected chi connectivity index (χ0v) is 14.8. The van der Waals surface area contributed by atoms with Crippen LogP contribution in [0.5, 0.6) is 5.75 Å². The van der Waals surface area contributed by atoms with Crippen LogP contribution in [0.3, 0.4) is 0 Å². The summed E-state index contributed by atoms with van der Waals surface area (Å²) in [5.41, 5.74) is 2.11. The van der Waals surface area contributed by atoms with Gasteiger partial charge in [0, 0.05) is 11.8 Å². The quantitative estimate of drug-likeness (QED) is 0.695. The van der Waals surface area contributed by atoms with Crippen LogP contribution in [-0.4, -0.2) is 15.8 Å². The van der Waals surface area contributed by atoms with Crippen molar-refractivity contribution in [3.05, 3.63) is 71.6 Å². The summed E-state index contributed by atoms with van der Waals surface area (Å²) in [5, 5.41) is 9.58. The summed E-state index contributed by atoms with van der Waals surface area (Å²) in [6.45, 7) is 3.57. The Labute approximate surface area is 154 Å². The van der Waals surface area contributed by atoms with E-state index in [4.69, 9.17) is 4.74 Å². The molecule has 0 aliphatic carbocycles. The lowest BCUT2D eigenvalue weighted by molar-refractivity contribution is 0.217. The van der Waals surface area contributed by atoms with Gasteiger partial charge >= 0.3 is 6.03 Å². The largest absolute Gasteiger partial charge is 0.471 e. The molecule has 0 aliphatic heterocycles. The molecule has 0 unspecified atom stereocenters. The predicted octanol–water partition coefficient (Wildman–Crippen LogP) is 4.46. The van der Waals surface area contributed by atoms with E-state index in [-0.39, 0.29) is 6.73 Å². The van der Waals surface area contributed by atoms with Crippen LogP contribution < -0.4 is 15.4 Å². The topological polar surface area (TPSA) is 68.2 Å². The minimum Gasteiger partial charge on any atom is -0.471 e. The number of benzene rings is 2. The van der Waals surface area contributed by atoms with Gasteiger partial charge in [0.25, 0.3) is 0 Å². The number of rotatable bonds is 5. The summed E-state index contributed by atoms with van der Waals surface area (Å²) in [6, 6.07) is 10.9. The number of aromatic nitrogens is 2. The van der Waals surface area contributed by atoms with E-state index in [9.17, 15) is 13.6 Å². The van der Waals surface area contributed by atoms with Crippen LogP contribution >= 0.6 is 0 Å². The number of halogens is 2. The molecule has 0 saturated heterocycles. The molecule has 1 aromatic heterocycles. The third kappa shape index (κ3) is 4.60. The summed E-state index contributed by atoms with van der Waals surface area (Å²) in [5.74, 6) is -0.458. The lowest BCUT2D eigenvalue weighted by atomic mass is 10.3. The Morgan fingerprint density at radius 2 is 1.78 bits per heavy atom. The molecule has 0 bridgehead atoms. The van der Waals surface area contributed by atoms with Gasteiger partial charge in [-0.15, -0.1) is 0 Å². The molecule has 3 aromatic rings. The number of nitrogens with zero attached hydrogens (tertiary/aromatic N) is 2. The van der Waals surface area contributed by atoms with E-state index in [0.717, 1.165) is 0 Å². The van der Waals surface area contributed by atoms with E-state index in [2.05, 4.69) is 15.7 Å². The van der Waals surface area contributed by atoms with Gasteiger partial charge in [-0.05, 0) is 44.2 Å². The van der Waals surface area contributed by atoms with Gasteiger partial charge in [-0.2, -0.15) is 5.10 Å². The SMILES string of the molecule is Cc1nn(COc2cccc(F)c2)c(C)c1NC(=O)Nc1cccc(F)c1. The molecule has 0 radical (unpaired) electrons. The van der Waals surface area contributed by atoms with Crippen molar-refractivity contribution in [1.82, 2.24) is 9.78 Å². The molecule has 0 aliphatic rings. The summed E-state index contributed by atoms with van der Waals surface area (Å²) < 4.78 is 33.5. The van der Waals surface area contributed by atoms with E-state index in [1.54, 1.807) is 36.7 Å². The number of aryl methyl sites for hydroxylation is 1. The van der Waals surface area contributed by atoms with E-state index < -0.39 is 17.7 Å². The van der Waals surface area contributed by atoms with Crippen molar-refractivity contribution in [2.75, 3.05) is 10.6 Å². The van der Waals surface area contributed by atoms with Gasteiger partial charge in [-0.3, -0.25) is 0 Å². The van der Waals surface area contributed by atoms with Crippen molar-refractivity contribution < 1.29 is 18.3 Å². The van der Waals surface area contributed by atoms with Crippen LogP contribution in [-0.2, 0) is 6.73 Å². The summed E-state index contributed by atoms with van der Waals surface area (Å²) in [6.07, 6.45) is 0. The van der Waals surface area contributed by atoms with E-state index in [1.807, 2.05) is 0 Å². The molecule has 1 heterocycles. The number of ether oxygens (including phenoxy) is 1. The minimum atomic E-state index is -0.516. The van der Waals surface area contributed by atoms with Crippen molar-refractivity contribution in [3.8, 4) is 5.75 Å². The number of hydrogen-bond acceptors (Lipinski definition) is 3. The fourth-order valence-electron chi connectivity index (χ4n) is 2.54. The second-order valence-electron chi connectivity index (χ2n) is 5.87. The maximum atomic E-state index is 13.2. The van der Waals surface area contributed by atoms with Crippen molar-refractivity contribution in [2.45, 2.75) is 20.6 Å². The molecule has 8 heteroatoms. The van der Waals surface area contributed by atoms with Crippen LogP contribution in [0.1, 0.15) is 11.4 Å². The third-order valence-electron chi connectivity index (χ3n) is 3.85. The van der Waals surface area contributed by atoms with Crippen LogP contribution in [0.15, 0.2) is 48.5 Å². The van der Waals surface area contributed by atoms with Crippen LogP contribution in [0.25, 0.3) is 0 Å². The van der Waals surface area contributed by atoms with Gasteiger partial charge in [0.15, 0.2) is 6.73 Å². The number of hydrogen-bond donors (Lipinski definition) is 2. The van der Waals surface area contributed by atoms with Gasteiger partial charge in [0.2, 0.25) is 0 Å². The molecule has 6 nitrogen and oxygen atoms in total. The van der Waals surface area contributed by atoms with E-state index in [0.29, 0.717) is 28.5 Å². The first kappa shape index (κ1) is 18.4. The molecular weight excluding hydrogens is 354 g/mol. The highest BCUT2D eigenvalue weighted by Gasteiger charge is 2.15. The van der Waals surface area contributed by atoms with Crippen molar-refractivity contribution >= 4 is 17.4 Å². The average Bonchev–Trinajstić information content (AvgIpc) is 2.87. The number of nitrogens with one attached hydrogen (secondary N) is 2. The fourth-order valence-corrected chi connectivity index (χ4v) is 2.54. The van der Waals surface area contributed by atoms with E-state index in [1.165, 1.54) is 30.3 Å². The number of carbonyl (C=O) groups excluding carboxylic acids is 1. The minimum absolute atomic E-state index is 0.0589. The average molecular weight is 372 g/mol. The zero-order valence-electron chi connectivity index (χ0n) is 14.8. The molecule has 27 heavy (non-hydrogen) atoms. The Morgan fingerprint density at radius 3 is 2.48 bits per heavy atom. The van der Waals surface area contributed by atoms with Gasteiger partial charge < -0.3 is 15.4 Å². The predicted molar refractivity (Wildman–Crippen MR) is 97.8 cm³/mol. The van der Waals surface area contributed by atoms with Crippen LogP contribution in [0.2, 0.25) is 0 Å². The summed E-state index contributed by atoms with van der Waals surface area (Å²) >= 11 is 0. The standard InChI is InChI=1S/C19H18F2N4O2/c1-12-18(23-19(26)22-16-7-3-5-14(20)9-16)13(2)25(24-12)11-27-17-8-4-6-15(21)10-17/h3-10H,11H2,1-2H3,(H2,22,23,26). The first-order chi connectivity index (χ1) is 12.9. The zero-order chi connectivity index (χ0) is 19.4. The highest BCUT2D eigenvalue weighted by atomic mass is 19.1. The Bertz CT molecular complexity index is 972. The molecule has 0 spiro atoms. The van der Waals surface area contributed by atoms with Crippen LogP contribution in [0.4, 0.5) is 25.0 Å². The number of amides is 2.